The zero-order chi connectivity index (χ0) is 19.4. The third kappa shape index (κ3) is 4.58. The second kappa shape index (κ2) is 8.24. The van der Waals surface area contributed by atoms with E-state index >= 15 is 0 Å². The number of aryl methyl sites for hydroxylation is 1. The summed E-state index contributed by atoms with van der Waals surface area (Å²) in [6.45, 7) is 3.25. The molecular weight excluding hydrogens is 384 g/mol. The molecule has 0 spiro atoms. The molecule has 1 aromatic carbocycles. The van der Waals surface area contributed by atoms with E-state index in [1.54, 1.807) is 30.2 Å². The van der Waals surface area contributed by atoms with Crippen molar-refractivity contribution in [2.45, 2.75) is 11.1 Å². The molecule has 1 aliphatic rings. The number of amides is 1. The van der Waals surface area contributed by atoms with Gasteiger partial charge in [-0.2, -0.15) is 4.31 Å². The zero-order valence-electron chi connectivity index (χ0n) is 15.3. The maximum Gasteiger partial charge on any atom is 0.252 e. The van der Waals surface area contributed by atoms with Gasteiger partial charge in [0, 0.05) is 37.1 Å². The monoisotopic (exact) mass is 406 g/mol. The number of carbonyl (C=O) groups excluding carboxylic acids is 1. The molecular formula is C19H22N2O4S2. The van der Waals surface area contributed by atoms with Crippen LogP contribution in [0.25, 0.3) is 6.08 Å². The van der Waals surface area contributed by atoms with Gasteiger partial charge in [0.25, 0.3) is 10.0 Å². The molecule has 0 unspecified atom stereocenters. The van der Waals surface area contributed by atoms with Gasteiger partial charge in [0.2, 0.25) is 5.91 Å². The second-order valence-corrected chi connectivity index (χ2v) is 9.66. The fourth-order valence-corrected chi connectivity index (χ4v) is 5.70. The van der Waals surface area contributed by atoms with E-state index in [1.807, 2.05) is 31.2 Å². The fraction of sp³-hybridized carbons (Fsp3) is 0.316. The van der Waals surface area contributed by atoms with Crippen LogP contribution in [0.5, 0.6) is 5.75 Å². The van der Waals surface area contributed by atoms with Crippen molar-refractivity contribution in [3.8, 4) is 5.75 Å². The molecule has 3 rings (SSSR count). The van der Waals surface area contributed by atoms with Gasteiger partial charge in [-0.1, -0.05) is 12.1 Å². The number of methoxy groups -OCH3 is 1. The van der Waals surface area contributed by atoms with E-state index in [0.29, 0.717) is 30.4 Å². The van der Waals surface area contributed by atoms with E-state index in [9.17, 15) is 13.2 Å². The number of carbonyl (C=O) groups is 1. The zero-order valence-corrected chi connectivity index (χ0v) is 16.9. The van der Waals surface area contributed by atoms with Crippen LogP contribution >= 0.6 is 11.3 Å². The Balaban J connectivity index is 1.60. The molecule has 2 heterocycles. The van der Waals surface area contributed by atoms with Crippen LogP contribution in [0, 0.1) is 6.92 Å². The van der Waals surface area contributed by atoms with Crippen LogP contribution < -0.4 is 4.74 Å². The fourth-order valence-electron chi connectivity index (χ4n) is 2.84. The minimum atomic E-state index is -3.47. The van der Waals surface area contributed by atoms with Crippen molar-refractivity contribution < 1.29 is 17.9 Å². The molecule has 0 radical (unpaired) electrons. The van der Waals surface area contributed by atoms with Crippen molar-refractivity contribution in [1.29, 1.82) is 0 Å². The number of sulfonamides is 1. The maximum absolute atomic E-state index is 12.7. The number of thiophene rings is 1. The van der Waals surface area contributed by atoms with Gasteiger partial charge in [0.15, 0.2) is 0 Å². The standard InChI is InChI=1S/C19H22N2O4S2/c1-15-6-9-19(26-15)27(23,24)21-12-10-20(11-13-21)18(22)8-7-16-4-3-5-17(14-16)25-2/h3-9,14H,10-13H2,1-2H3/b8-7+. The number of hydrogen-bond donors (Lipinski definition) is 0. The SMILES string of the molecule is COc1cccc(/C=C/C(=O)N2CCN(S(=O)(=O)c3ccc(C)s3)CC2)c1. The summed E-state index contributed by atoms with van der Waals surface area (Å²) in [6, 6.07) is 10.9. The highest BCUT2D eigenvalue weighted by Crippen LogP contribution is 2.25. The number of benzene rings is 1. The Morgan fingerprint density at radius 2 is 1.89 bits per heavy atom. The Labute approximate surface area is 163 Å². The minimum Gasteiger partial charge on any atom is -0.497 e. The van der Waals surface area contributed by atoms with Crippen LogP contribution in [-0.4, -0.2) is 56.8 Å². The van der Waals surface area contributed by atoms with Crippen molar-refractivity contribution in [2.24, 2.45) is 0 Å². The molecule has 0 bridgehead atoms. The van der Waals surface area contributed by atoms with E-state index in [-0.39, 0.29) is 5.91 Å². The molecule has 6 nitrogen and oxygen atoms in total. The predicted molar refractivity (Wildman–Crippen MR) is 106 cm³/mol. The van der Waals surface area contributed by atoms with E-state index < -0.39 is 10.0 Å². The van der Waals surface area contributed by atoms with E-state index in [1.165, 1.54) is 21.7 Å². The second-order valence-electron chi connectivity index (χ2n) is 6.20. The molecule has 0 N–H and O–H groups in total. The lowest BCUT2D eigenvalue weighted by atomic mass is 10.2. The van der Waals surface area contributed by atoms with Crippen LogP contribution in [0.3, 0.4) is 0 Å². The molecule has 8 heteroatoms. The van der Waals surface area contributed by atoms with Crippen molar-refractivity contribution in [3.63, 3.8) is 0 Å². The molecule has 27 heavy (non-hydrogen) atoms. The smallest absolute Gasteiger partial charge is 0.252 e. The first-order valence-electron chi connectivity index (χ1n) is 8.58. The van der Waals surface area contributed by atoms with Gasteiger partial charge in [-0.25, -0.2) is 8.42 Å². The molecule has 1 saturated heterocycles. The molecule has 144 valence electrons. The molecule has 2 aromatic rings. The molecule has 0 atom stereocenters. The first kappa shape index (κ1) is 19.6. The number of ether oxygens (including phenoxy) is 1. The van der Waals surface area contributed by atoms with Gasteiger partial charge in [0.05, 0.1) is 7.11 Å². The van der Waals surface area contributed by atoms with Crippen LogP contribution in [0.1, 0.15) is 10.4 Å². The lowest BCUT2D eigenvalue weighted by Crippen LogP contribution is -2.50. The molecule has 0 aliphatic carbocycles. The third-order valence-electron chi connectivity index (χ3n) is 4.37. The molecule has 1 aromatic heterocycles. The summed E-state index contributed by atoms with van der Waals surface area (Å²) in [5.74, 6) is 0.606. The topological polar surface area (TPSA) is 66.9 Å². The van der Waals surface area contributed by atoms with Gasteiger partial charge in [0.1, 0.15) is 9.96 Å². The first-order chi connectivity index (χ1) is 12.9. The number of rotatable bonds is 5. The van der Waals surface area contributed by atoms with E-state index in [2.05, 4.69) is 0 Å². The largest absolute Gasteiger partial charge is 0.497 e. The number of piperazine rings is 1. The van der Waals surface area contributed by atoms with Crippen molar-refractivity contribution >= 4 is 33.3 Å². The van der Waals surface area contributed by atoms with Crippen molar-refractivity contribution in [2.75, 3.05) is 33.3 Å². The van der Waals surface area contributed by atoms with Gasteiger partial charge < -0.3 is 9.64 Å². The Morgan fingerprint density at radius 1 is 1.15 bits per heavy atom. The highest BCUT2D eigenvalue weighted by Gasteiger charge is 2.30. The Morgan fingerprint density at radius 3 is 2.52 bits per heavy atom. The summed E-state index contributed by atoms with van der Waals surface area (Å²) >= 11 is 1.27. The summed E-state index contributed by atoms with van der Waals surface area (Å²) in [5, 5.41) is 0. The summed E-state index contributed by atoms with van der Waals surface area (Å²) in [4.78, 5) is 15.0. The molecule has 1 aliphatic heterocycles. The summed E-state index contributed by atoms with van der Waals surface area (Å²) < 4.78 is 32.3. The summed E-state index contributed by atoms with van der Waals surface area (Å²) in [5.41, 5.74) is 0.872. The van der Waals surface area contributed by atoms with Crippen molar-refractivity contribution in [3.05, 3.63) is 52.9 Å². The van der Waals surface area contributed by atoms with Gasteiger partial charge >= 0.3 is 0 Å². The van der Waals surface area contributed by atoms with Gasteiger partial charge in [-0.3, -0.25) is 4.79 Å². The predicted octanol–water partition coefficient (Wildman–Crippen LogP) is 2.61. The number of hydrogen-bond acceptors (Lipinski definition) is 5. The molecule has 1 amide bonds. The Hall–Kier alpha value is -2.16. The Kier molecular flexibility index (Phi) is 5.98. The highest BCUT2D eigenvalue weighted by molar-refractivity contribution is 7.91. The van der Waals surface area contributed by atoms with E-state index in [0.717, 1.165) is 16.2 Å². The van der Waals surface area contributed by atoms with Crippen LogP contribution in [-0.2, 0) is 14.8 Å². The van der Waals surface area contributed by atoms with Crippen LogP contribution in [0.2, 0.25) is 0 Å². The minimum absolute atomic E-state index is 0.123. The van der Waals surface area contributed by atoms with Crippen LogP contribution in [0.15, 0.2) is 46.7 Å². The van der Waals surface area contributed by atoms with Crippen LogP contribution in [0.4, 0.5) is 0 Å². The lowest BCUT2D eigenvalue weighted by molar-refractivity contribution is -0.127. The molecule has 1 fully saturated rings. The lowest BCUT2D eigenvalue weighted by Gasteiger charge is -2.33. The summed E-state index contributed by atoms with van der Waals surface area (Å²) in [6.07, 6.45) is 3.25. The highest BCUT2D eigenvalue weighted by atomic mass is 32.2. The first-order valence-corrected chi connectivity index (χ1v) is 10.8. The quantitative estimate of drug-likeness (QED) is 0.716. The van der Waals surface area contributed by atoms with Gasteiger partial charge in [-0.15, -0.1) is 11.3 Å². The average molecular weight is 407 g/mol. The average Bonchev–Trinajstić information content (AvgIpc) is 3.13. The normalized spacial score (nSPS) is 16.0. The van der Waals surface area contributed by atoms with Gasteiger partial charge in [-0.05, 0) is 42.8 Å². The molecule has 0 saturated carbocycles. The Bertz CT molecular complexity index is 942. The van der Waals surface area contributed by atoms with E-state index in [4.69, 9.17) is 4.74 Å². The maximum atomic E-state index is 12.7. The van der Waals surface area contributed by atoms with Crippen molar-refractivity contribution in [1.82, 2.24) is 9.21 Å². The third-order valence-corrected chi connectivity index (χ3v) is 7.74. The number of nitrogens with zero attached hydrogens (tertiary/aromatic N) is 2. The summed E-state index contributed by atoms with van der Waals surface area (Å²) in [7, 11) is -1.88.